The van der Waals surface area contributed by atoms with Gasteiger partial charge in [0.05, 0.1) is 7.12 Å². The summed E-state index contributed by atoms with van der Waals surface area (Å²) < 4.78 is 2.04. The van der Waals surface area contributed by atoms with Crippen molar-refractivity contribution in [2.45, 2.75) is 6.92 Å². The lowest BCUT2D eigenvalue weighted by molar-refractivity contribution is 0.979. The number of nitrogens with zero attached hydrogens (tertiary/aromatic N) is 2. The maximum atomic E-state index is 8.41. The van der Waals surface area contributed by atoms with Crippen molar-refractivity contribution in [1.29, 1.82) is 5.26 Å². The topological polar surface area (TPSA) is 26.8 Å². The van der Waals surface area contributed by atoms with E-state index in [0.29, 0.717) is 0 Å². The number of hydrogen-bond donors (Lipinski definition) is 0. The molecule has 1 aliphatic rings. The number of hydrogen-bond acceptors (Lipinski definition) is 3. The molecule has 0 N–H and O–H groups in total. The zero-order valence-electron chi connectivity index (χ0n) is 5.33. The van der Waals surface area contributed by atoms with E-state index in [0.717, 1.165) is 0 Å². The van der Waals surface area contributed by atoms with Crippen LogP contribution in [0.1, 0.15) is 6.92 Å². The summed E-state index contributed by atoms with van der Waals surface area (Å²) in [7, 11) is -0.486. The van der Waals surface area contributed by atoms with Crippen molar-refractivity contribution < 1.29 is 0 Å². The second-order valence-corrected chi connectivity index (χ2v) is 5.66. The summed E-state index contributed by atoms with van der Waals surface area (Å²) in [6, 6.07) is 0. The lowest BCUT2D eigenvalue weighted by atomic mass is 10.7. The SMILES string of the molecule is CC1=CN1SP(C)C#N. The van der Waals surface area contributed by atoms with Crippen molar-refractivity contribution in [3.63, 3.8) is 0 Å². The molecule has 1 heterocycles. The molecule has 0 bridgehead atoms. The van der Waals surface area contributed by atoms with E-state index in [1.165, 1.54) is 5.70 Å². The maximum Gasteiger partial charge on any atom is 0.100 e. The highest BCUT2D eigenvalue weighted by Gasteiger charge is 2.18. The number of rotatable bonds is 2. The summed E-state index contributed by atoms with van der Waals surface area (Å²) in [6.07, 6.45) is 2.03. The van der Waals surface area contributed by atoms with Crippen molar-refractivity contribution in [3.8, 4) is 5.81 Å². The Bertz CT molecular complexity index is 184. The van der Waals surface area contributed by atoms with Crippen LogP contribution >= 0.6 is 18.7 Å². The molecule has 0 aliphatic carbocycles. The van der Waals surface area contributed by atoms with Gasteiger partial charge in [-0.25, -0.2) is 0 Å². The van der Waals surface area contributed by atoms with Crippen molar-refractivity contribution in [2.75, 3.05) is 6.66 Å². The standard InChI is InChI=1S/C5H7N2PS/c1-5-3-7(5)9-8(2)4-6/h3H,1-2H3. The maximum absolute atomic E-state index is 8.41. The Labute approximate surface area is 60.2 Å². The minimum absolute atomic E-state index is 0.486. The van der Waals surface area contributed by atoms with Gasteiger partial charge < -0.3 is 0 Å². The van der Waals surface area contributed by atoms with Crippen LogP contribution in [0.25, 0.3) is 0 Å². The van der Waals surface area contributed by atoms with Gasteiger partial charge in [-0.3, -0.25) is 4.31 Å². The normalized spacial score (nSPS) is 18.3. The third-order valence-corrected chi connectivity index (χ3v) is 3.54. The van der Waals surface area contributed by atoms with Gasteiger partial charge >= 0.3 is 0 Å². The van der Waals surface area contributed by atoms with Crippen molar-refractivity contribution in [3.05, 3.63) is 11.9 Å². The van der Waals surface area contributed by atoms with Crippen molar-refractivity contribution in [1.82, 2.24) is 4.31 Å². The van der Waals surface area contributed by atoms with Crippen LogP contribution in [0.4, 0.5) is 0 Å². The molecule has 0 spiro atoms. The molecular weight excluding hydrogens is 151 g/mol. The van der Waals surface area contributed by atoms with Gasteiger partial charge in [0.25, 0.3) is 0 Å². The van der Waals surface area contributed by atoms with E-state index in [-0.39, 0.29) is 0 Å². The molecule has 0 fully saturated rings. The van der Waals surface area contributed by atoms with Crippen molar-refractivity contribution >= 4 is 18.7 Å². The van der Waals surface area contributed by atoms with Crippen LogP contribution in [-0.2, 0) is 0 Å². The minimum atomic E-state index is -0.486. The Morgan fingerprint density at radius 2 is 2.44 bits per heavy atom. The molecule has 0 saturated carbocycles. The van der Waals surface area contributed by atoms with Gasteiger partial charge in [-0.15, -0.1) is 0 Å². The van der Waals surface area contributed by atoms with Crippen molar-refractivity contribution in [2.24, 2.45) is 0 Å². The zero-order valence-corrected chi connectivity index (χ0v) is 7.04. The third kappa shape index (κ3) is 1.89. The van der Waals surface area contributed by atoms with E-state index in [4.69, 9.17) is 5.26 Å². The van der Waals surface area contributed by atoms with E-state index in [1.807, 2.05) is 24.1 Å². The van der Waals surface area contributed by atoms with Gasteiger partial charge in [0, 0.05) is 11.9 Å². The van der Waals surface area contributed by atoms with Gasteiger partial charge in [0.1, 0.15) is 5.81 Å². The Hall–Kier alpha value is -0.190. The molecule has 0 aromatic carbocycles. The molecule has 2 nitrogen and oxygen atoms in total. The monoisotopic (exact) mass is 158 g/mol. The summed E-state index contributed by atoms with van der Waals surface area (Å²) in [5, 5.41) is 8.41. The molecule has 4 heteroatoms. The Morgan fingerprint density at radius 3 is 2.78 bits per heavy atom. The highest BCUT2D eigenvalue weighted by Crippen LogP contribution is 2.52. The summed E-state index contributed by atoms with van der Waals surface area (Å²) in [5.41, 5.74) is 1.27. The molecular formula is C5H7N2PS. The first-order valence-electron chi connectivity index (χ1n) is 2.53. The molecule has 0 saturated heterocycles. The summed E-state index contributed by atoms with van der Waals surface area (Å²) >= 11 is 1.62. The Balaban J connectivity index is 2.16. The number of allylic oxidation sites excluding steroid dienone is 1. The first-order valence-corrected chi connectivity index (χ1v) is 5.70. The van der Waals surface area contributed by atoms with Crippen LogP contribution in [0.2, 0.25) is 0 Å². The lowest BCUT2D eigenvalue weighted by Gasteiger charge is -2.02. The second-order valence-electron chi connectivity index (χ2n) is 1.78. The molecule has 0 radical (unpaired) electrons. The van der Waals surface area contributed by atoms with E-state index < -0.39 is 7.12 Å². The Morgan fingerprint density at radius 1 is 1.89 bits per heavy atom. The average molecular weight is 158 g/mol. The third-order valence-electron chi connectivity index (χ3n) is 0.935. The fourth-order valence-corrected chi connectivity index (χ4v) is 2.44. The lowest BCUT2D eigenvalue weighted by Crippen LogP contribution is -1.77. The molecule has 9 heavy (non-hydrogen) atoms. The van der Waals surface area contributed by atoms with Crippen LogP contribution in [0.3, 0.4) is 0 Å². The van der Waals surface area contributed by atoms with Gasteiger partial charge in [-0.2, -0.15) is 5.26 Å². The quantitative estimate of drug-likeness (QED) is 0.455. The second kappa shape index (κ2) is 2.60. The van der Waals surface area contributed by atoms with Crippen LogP contribution in [0, 0.1) is 11.1 Å². The molecule has 0 aromatic rings. The summed E-state index contributed by atoms with van der Waals surface area (Å²) in [5.74, 6) is 2.21. The fraction of sp³-hybridized carbons (Fsp3) is 0.400. The highest BCUT2D eigenvalue weighted by atomic mass is 32.7. The van der Waals surface area contributed by atoms with Gasteiger partial charge in [0.2, 0.25) is 0 Å². The first-order chi connectivity index (χ1) is 4.24. The predicted octanol–water partition coefficient (Wildman–Crippen LogP) is 2.32. The molecule has 0 amide bonds. The fourth-order valence-electron chi connectivity index (χ4n) is 0.379. The minimum Gasteiger partial charge on any atom is -0.289 e. The molecule has 1 aliphatic heterocycles. The average Bonchev–Trinajstić information content (AvgIpc) is 2.47. The largest absolute Gasteiger partial charge is 0.289 e. The molecule has 48 valence electrons. The Kier molecular flexibility index (Phi) is 2.00. The smallest absolute Gasteiger partial charge is 0.100 e. The zero-order chi connectivity index (χ0) is 6.85. The molecule has 1 rings (SSSR count). The number of nitriles is 1. The van der Waals surface area contributed by atoms with E-state index in [9.17, 15) is 0 Å². The summed E-state index contributed by atoms with van der Waals surface area (Å²) in [4.78, 5) is 0. The highest BCUT2D eigenvalue weighted by molar-refractivity contribution is 8.56. The van der Waals surface area contributed by atoms with Gasteiger partial charge in [-0.05, 0) is 25.2 Å². The van der Waals surface area contributed by atoms with Gasteiger partial charge in [-0.1, -0.05) is 0 Å². The van der Waals surface area contributed by atoms with E-state index in [1.54, 1.807) is 11.6 Å². The molecule has 0 aromatic heterocycles. The molecule has 1 unspecified atom stereocenters. The first kappa shape index (κ1) is 6.92. The van der Waals surface area contributed by atoms with Crippen LogP contribution in [0.5, 0.6) is 0 Å². The molecule has 1 atom stereocenters. The van der Waals surface area contributed by atoms with E-state index in [2.05, 4.69) is 5.81 Å². The van der Waals surface area contributed by atoms with E-state index >= 15 is 0 Å². The van der Waals surface area contributed by atoms with Crippen LogP contribution in [0.15, 0.2) is 11.9 Å². The predicted molar refractivity (Wildman–Crippen MR) is 41.6 cm³/mol. The van der Waals surface area contributed by atoms with Gasteiger partial charge in [0.15, 0.2) is 0 Å². The van der Waals surface area contributed by atoms with Crippen LogP contribution < -0.4 is 0 Å². The van der Waals surface area contributed by atoms with Crippen LogP contribution in [-0.4, -0.2) is 11.0 Å². The summed E-state index contributed by atoms with van der Waals surface area (Å²) in [6.45, 7) is 3.99.